The topological polar surface area (TPSA) is 249 Å². The molecule has 1 heterocycles. The average molecular weight is 966 g/mol. The zero-order valence-electron chi connectivity index (χ0n) is 43.2. The van der Waals surface area contributed by atoms with Crippen molar-refractivity contribution in [2.75, 3.05) is 92.1 Å². The highest BCUT2D eigenvalue weighted by Crippen LogP contribution is 2.31. The van der Waals surface area contributed by atoms with Crippen LogP contribution in [0, 0.1) is 27.6 Å². The molecule has 0 fully saturated rings. The Morgan fingerprint density at radius 1 is 0.529 bits per heavy atom. The van der Waals surface area contributed by atoms with Gasteiger partial charge in [0.25, 0.3) is 11.8 Å². The lowest BCUT2D eigenvalue weighted by Gasteiger charge is -2.28. The van der Waals surface area contributed by atoms with Gasteiger partial charge in [0, 0.05) is 81.5 Å². The summed E-state index contributed by atoms with van der Waals surface area (Å²) in [5, 5.41) is 16.9. The highest BCUT2D eigenvalue weighted by Gasteiger charge is 2.31. The molecule has 0 spiro atoms. The zero-order chi connectivity index (χ0) is 51.4. The van der Waals surface area contributed by atoms with Crippen LogP contribution in [0.2, 0.25) is 0 Å². The van der Waals surface area contributed by atoms with Gasteiger partial charge in [-0.15, -0.1) is 0 Å². The lowest BCUT2D eigenvalue weighted by Crippen LogP contribution is -2.48. The van der Waals surface area contributed by atoms with E-state index in [2.05, 4.69) is 73.4 Å². The number of rotatable bonds is 36. The van der Waals surface area contributed by atoms with E-state index in [1.54, 1.807) is 0 Å². The van der Waals surface area contributed by atoms with E-state index in [0.717, 1.165) is 42.7 Å². The normalized spacial score (nSPS) is 14.1. The molecule has 0 saturated carbocycles. The Balaban J connectivity index is 2.50. The van der Waals surface area contributed by atoms with E-state index in [0.29, 0.717) is 19.7 Å². The molecule has 1 aliphatic heterocycles. The fourth-order valence-electron chi connectivity index (χ4n) is 6.26. The van der Waals surface area contributed by atoms with Crippen molar-refractivity contribution < 1.29 is 57.3 Å². The first kappa shape index (κ1) is 61.6. The number of carbonyl (C=O) groups excluding carboxylic acids is 8. The molecule has 1 aliphatic rings. The van der Waals surface area contributed by atoms with Crippen LogP contribution in [-0.4, -0.2) is 150 Å². The van der Waals surface area contributed by atoms with E-state index >= 15 is 0 Å². The van der Waals surface area contributed by atoms with Crippen LogP contribution in [0.4, 0.5) is 0 Å². The van der Waals surface area contributed by atoms with E-state index in [9.17, 15) is 38.4 Å². The third kappa shape index (κ3) is 29.4. The minimum atomic E-state index is -1.01. The standard InChI is InChI=1S/C49H87N7O12/c1-36(34-54-45(64)49(10,11)21-19-47(5,6)7)35-68-31-24-52-43(62)37(12-13-38(57)50-22-28-66-30-25-53-44(63)48(8,9)20-18-46(2,3)4)55-40(59)17-27-65-32-33-67-29-23-51-39(58)16-26-56-41(60)14-15-42(56)61/h14-15,36-37H,12-13,16-35H2,1-11H3,(H,50,57)(H,51,58)(H,52,62)(H,53,63)(H,54,64)(H,55,59)/t36?,37-/m0/s1. The summed E-state index contributed by atoms with van der Waals surface area (Å²) in [4.78, 5) is 101. The summed E-state index contributed by atoms with van der Waals surface area (Å²) in [6.45, 7) is 25.7. The third-order valence-electron chi connectivity index (χ3n) is 11.1. The lowest BCUT2D eigenvalue weighted by molar-refractivity contribution is -0.137. The summed E-state index contributed by atoms with van der Waals surface area (Å²) in [6.07, 6.45) is 5.64. The van der Waals surface area contributed by atoms with Gasteiger partial charge >= 0.3 is 0 Å². The molecule has 19 nitrogen and oxygen atoms in total. The molecule has 19 heteroatoms. The molecular formula is C49H87N7O12. The molecule has 68 heavy (non-hydrogen) atoms. The van der Waals surface area contributed by atoms with E-state index < -0.39 is 40.5 Å². The number of hydrogen-bond acceptors (Lipinski definition) is 12. The van der Waals surface area contributed by atoms with Crippen molar-refractivity contribution in [2.45, 2.75) is 134 Å². The van der Waals surface area contributed by atoms with Gasteiger partial charge in [0.2, 0.25) is 35.4 Å². The number of carbonyl (C=O) groups is 8. The molecule has 0 bridgehead atoms. The van der Waals surface area contributed by atoms with E-state index in [-0.39, 0.29) is 138 Å². The molecule has 1 unspecified atom stereocenters. The number of nitrogens with zero attached hydrogens (tertiary/aromatic N) is 1. The highest BCUT2D eigenvalue weighted by molar-refractivity contribution is 6.13. The minimum Gasteiger partial charge on any atom is -0.379 e. The molecule has 2 atom stereocenters. The third-order valence-corrected chi connectivity index (χ3v) is 11.1. The van der Waals surface area contributed by atoms with Gasteiger partial charge in [-0.1, -0.05) is 76.2 Å². The number of amides is 8. The number of hydrogen-bond donors (Lipinski definition) is 6. The van der Waals surface area contributed by atoms with Crippen molar-refractivity contribution in [3.63, 3.8) is 0 Å². The van der Waals surface area contributed by atoms with Crippen LogP contribution in [0.5, 0.6) is 0 Å². The fraction of sp³-hybridized carbons (Fsp3) is 0.796. The van der Waals surface area contributed by atoms with Gasteiger partial charge in [-0.2, -0.15) is 0 Å². The summed E-state index contributed by atoms with van der Waals surface area (Å²) in [7, 11) is 0. The van der Waals surface area contributed by atoms with Crippen LogP contribution in [0.25, 0.3) is 0 Å². The van der Waals surface area contributed by atoms with Crippen LogP contribution >= 0.6 is 0 Å². The molecule has 0 saturated heterocycles. The molecule has 6 N–H and O–H groups in total. The van der Waals surface area contributed by atoms with Crippen molar-refractivity contribution >= 4 is 47.3 Å². The van der Waals surface area contributed by atoms with Gasteiger partial charge in [0.1, 0.15) is 6.04 Å². The van der Waals surface area contributed by atoms with Gasteiger partial charge in [0.05, 0.1) is 52.9 Å². The molecular weight excluding hydrogens is 879 g/mol. The Hall–Kier alpha value is -4.46. The van der Waals surface area contributed by atoms with Gasteiger partial charge in [-0.05, 0) is 48.9 Å². The summed E-state index contributed by atoms with van der Waals surface area (Å²) in [6, 6.07) is -1.01. The average Bonchev–Trinajstić information content (AvgIpc) is 3.58. The summed E-state index contributed by atoms with van der Waals surface area (Å²) in [5.41, 5.74) is -0.707. The Morgan fingerprint density at radius 2 is 0.985 bits per heavy atom. The minimum absolute atomic E-state index is 0.000579. The van der Waals surface area contributed by atoms with Crippen molar-refractivity contribution in [3.8, 4) is 0 Å². The SMILES string of the molecule is CC(CNC(=O)C(C)(C)CCC(C)(C)C)COCCNC(=O)[C@H](CCC(=O)NCCOCCNC(=O)C(C)(C)CCC(C)(C)C)NC(=O)CCOCCOCCNC(=O)CCN1C(=O)C=CC1=O. The summed E-state index contributed by atoms with van der Waals surface area (Å²) < 4.78 is 22.3. The summed E-state index contributed by atoms with van der Waals surface area (Å²) in [5.74, 6) is -2.47. The fourth-order valence-corrected chi connectivity index (χ4v) is 6.26. The predicted molar refractivity (Wildman–Crippen MR) is 259 cm³/mol. The van der Waals surface area contributed by atoms with E-state index in [1.807, 2.05) is 34.6 Å². The molecule has 0 aliphatic carbocycles. The van der Waals surface area contributed by atoms with Crippen LogP contribution < -0.4 is 31.9 Å². The Labute approximate surface area is 405 Å². The second-order valence-corrected chi connectivity index (χ2v) is 21.2. The van der Waals surface area contributed by atoms with Gasteiger partial charge in [-0.3, -0.25) is 43.3 Å². The number of nitrogens with one attached hydrogen (secondary N) is 6. The molecule has 0 radical (unpaired) electrons. The van der Waals surface area contributed by atoms with Crippen molar-refractivity contribution in [1.82, 2.24) is 36.8 Å². The first-order valence-corrected chi connectivity index (χ1v) is 24.2. The first-order chi connectivity index (χ1) is 31.7. The second kappa shape index (κ2) is 31.6. The van der Waals surface area contributed by atoms with Gasteiger partial charge < -0.3 is 50.8 Å². The highest BCUT2D eigenvalue weighted by atomic mass is 16.5. The maximum Gasteiger partial charge on any atom is 0.253 e. The molecule has 0 aromatic carbocycles. The second-order valence-electron chi connectivity index (χ2n) is 21.2. The molecule has 1 rings (SSSR count). The molecule has 0 aromatic heterocycles. The maximum absolute atomic E-state index is 13.3. The zero-order valence-corrected chi connectivity index (χ0v) is 43.2. The van der Waals surface area contributed by atoms with Gasteiger partial charge in [-0.25, -0.2) is 0 Å². The van der Waals surface area contributed by atoms with Crippen LogP contribution in [0.3, 0.4) is 0 Å². The van der Waals surface area contributed by atoms with Crippen molar-refractivity contribution in [1.29, 1.82) is 0 Å². The first-order valence-electron chi connectivity index (χ1n) is 24.2. The van der Waals surface area contributed by atoms with Crippen LogP contribution in [0.1, 0.15) is 128 Å². The molecule has 0 aromatic rings. The van der Waals surface area contributed by atoms with Crippen molar-refractivity contribution in [2.24, 2.45) is 27.6 Å². The van der Waals surface area contributed by atoms with Crippen LogP contribution in [-0.2, 0) is 57.3 Å². The van der Waals surface area contributed by atoms with Crippen molar-refractivity contribution in [3.05, 3.63) is 12.2 Å². The Bertz CT molecular complexity index is 1620. The number of ether oxygens (including phenoxy) is 4. The maximum atomic E-state index is 13.3. The monoisotopic (exact) mass is 966 g/mol. The van der Waals surface area contributed by atoms with Crippen LogP contribution in [0.15, 0.2) is 12.2 Å². The quantitative estimate of drug-likeness (QED) is 0.0392. The number of imide groups is 1. The smallest absolute Gasteiger partial charge is 0.253 e. The largest absolute Gasteiger partial charge is 0.379 e. The van der Waals surface area contributed by atoms with Gasteiger partial charge in [0.15, 0.2) is 0 Å². The molecule has 390 valence electrons. The van der Waals surface area contributed by atoms with E-state index in [1.165, 1.54) is 0 Å². The molecule has 8 amide bonds. The lowest BCUT2D eigenvalue weighted by atomic mass is 9.79. The Kier molecular flexibility index (Phi) is 28.6. The Morgan fingerprint density at radius 3 is 1.53 bits per heavy atom. The predicted octanol–water partition coefficient (Wildman–Crippen LogP) is 2.95. The van der Waals surface area contributed by atoms with E-state index in [4.69, 9.17) is 18.9 Å². The summed E-state index contributed by atoms with van der Waals surface area (Å²) >= 11 is 0.